The molecule has 0 radical (unpaired) electrons. The average Bonchev–Trinajstić information content (AvgIpc) is 2.95. The van der Waals surface area contributed by atoms with Crippen LogP contribution < -0.4 is 5.73 Å². The molecular weight excluding hydrogens is 262 g/mol. The lowest BCUT2D eigenvalue weighted by Gasteiger charge is -1.93. The number of carbonyl (C=O) groups is 1. The zero-order valence-electron chi connectivity index (χ0n) is 10.4. The maximum atomic E-state index is 11.3. The molecule has 3 heterocycles. The number of aryl methyl sites for hydroxylation is 1. The summed E-state index contributed by atoms with van der Waals surface area (Å²) in [6, 6.07) is 3.69. The number of nitrogens with zero attached hydrogens (tertiary/aromatic N) is 4. The second-order valence-corrected chi connectivity index (χ2v) is 5.24. The monoisotopic (exact) mass is 273 g/mol. The highest BCUT2D eigenvalue weighted by Crippen LogP contribution is 2.32. The fraction of sp³-hybridized carbons (Fsp3) is 0.167. The van der Waals surface area contributed by atoms with Gasteiger partial charge >= 0.3 is 0 Å². The van der Waals surface area contributed by atoms with Gasteiger partial charge < -0.3 is 5.73 Å². The average molecular weight is 273 g/mol. The van der Waals surface area contributed by atoms with E-state index in [4.69, 9.17) is 5.73 Å². The van der Waals surface area contributed by atoms with Crippen LogP contribution in [0.5, 0.6) is 0 Å². The Hall–Kier alpha value is -2.28. The van der Waals surface area contributed by atoms with Crippen molar-refractivity contribution in [3.05, 3.63) is 23.2 Å². The van der Waals surface area contributed by atoms with Crippen LogP contribution in [0, 0.1) is 0 Å². The van der Waals surface area contributed by atoms with Gasteiger partial charge in [-0.15, -0.1) is 11.3 Å². The lowest BCUT2D eigenvalue weighted by molar-refractivity contribution is 0.102. The molecule has 0 amide bonds. The number of hydrogen-bond donors (Lipinski definition) is 1. The zero-order valence-corrected chi connectivity index (χ0v) is 11.2. The van der Waals surface area contributed by atoms with Gasteiger partial charge in [-0.3, -0.25) is 4.79 Å². The summed E-state index contributed by atoms with van der Waals surface area (Å²) in [6.07, 6.45) is 1.66. The Morgan fingerprint density at radius 2 is 2.21 bits per heavy atom. The molecule has 0 unspecified atom stereocenters. The first-order chi connectivity index (χ1) is 9.06. The largest absolute Gasteiger partial charge is 0.368 e. The van der Waals surface area contributed by atoms with E-state index in [-0.39, 0.29) is 11.7 Å². The van der Waals surface area contributed by atoms with E-state index >= 15 is 0 Å². The third-order valence-electron chi connectivity index (χ3n) is 2.79. The molecule has 3 aromatic rings. The van der Waals surface area contributed by atoms with Crippen LogP contribution in [0.1, 0.15) is 16.6 Å². The minimum Gasteiger partial charge on any atom is -0.368 e. The Morgan fingerprint density at radius 1 is 1.42 bits per heavy atom. The molecule has 0 saturated heterocycles. The fourth-order valence-corrected chi connectivity index (χ4v) is 2.79. The van der Waals surface area contributed by atoms with E-state index in [2.05, 4.69) is 15.1 Å². The first kappa shape index (κ1) is 11.8. The van der Waals surface area contributed by atoms with E-state index in [0.717, 1.165) is 16.0 Å². The van der Waals surface area contributed by atoms with Crippen LogP contribution in [0.2, 0.25) is 0 Å². The summed E-state index contributed by atoms with van der Waals surface area (Å²) in [5.74, 6) is 0.273. The number of rotatable bonds is 2. The quantitative estimate of drug-likeness (QED) is 0.720. The second-order valence-electron chi connectivity index (χ2n) is 4.16. The van der Waals surface area contributed by atoms with Gasteiger partial charge in [-0.25, -0.2) is 9.67 Å². The molecule has 0 aliphatic heterocycles. The maximum Gasteiger partial charge on any atom is 0.222 e. The molecule has 0 aromatic carbocycles. The number of thiophene rings is 1. The predicted molar refractivity (Wildman–Crippen MR) is 74.0 cm³/mol. The first-order valence-corrected chi connectivity index (χ1v) is 6.44. The van der Waals surface area contributed by atoms with Crippen molar-refractivity contribution in [2.45, 2.75) is 6.92 Å². The molecule has 0 fully saturated rings. The standard InChI is InChI=1S/C12H11N5OS/c1-6(18)8-3-4-9(19-8)10-7-5-14-12(13)15-11(7)17(2)16-10/h3-5H,1-2H3,(H2,13,14,15). The number of anilines is 1. The van der Waals surface area contributed by atoms with Crippen LogP contribution in [0.15, 0.2) is 18.3 Å². The van der Waals surface area contributed by atoms with Crippen molar-refractivity contribution in [1.82, 2.24) is 19.7 Å². The second kappa shape index (κ2) is 4.13. The molecule has 3 aromatic heterocycles. The number of nitrogen functional groups attached to an aromatic ring is 1. The van der Waals surface area contributed by atoms with Gasteiger partial charge in [0.25, 0.3) is 0 Å². The summed E-state index contributed by atoms with van der Waals surface area (Å²) in [4.78, 5) is 21.1. The molecule has 2 N–H and O–H groups in total. The van der Waals surface area contributed by atoms with Gasteiger partial charge in [0.1, 0.15) is 5.69 Å². The van der Waals surface area contributed by atoms with E-state index < -0.39 is 0 Å². The predicted octanol–water partition coefficient (Wildman–Crippen LogP) is 1.88. The van der Waals surface area contributed by atoms with E-state index in [9.17, 15) is 4.79 Å². The van der Waals surface area contributed by atoms with Crippen LogP contribution in [0.3, 0.4) is 0 Å². The van der Waals surface area contributed by atoms with Gasteiger partial charge in [0.05, 0.1) is 15.1 Å². The smallest absolute Gasteiger partial charge is 0.222 e. The molecule has 0 atom stereocenters. The van der Waals surface area contributed by atoms with Crippen molar-refractivity contribution >= 4 is 34.1 Å². The SMILES string of the molecule is CC(=O)c1ccc(-c2nn(C)c3nc(N)ncc23)s1. The van der Waals surface area contributed by atoms with Gasteiger partial charge in [-0.1, -0.05) is 0 Å². The minimum atomic E-state index is 0.0528. The Labute approximate surface area is 112 Å². The summed E-state index contributed by atoms with van der Waals surface area (Å²) in [6.45, 7) is 1.55. The van der Waals surface area contributed by atoms with Crippen molar-refractivity contribution in [2.75, 3.05) is 5.73 Å². The number of Topliss-reactive ketones (excluding diaryl/α,β-unsaturated/α-hetero) is 1. The van der Waals surface area contributed by atoms with E-state index in [0.29, 0.717) is 10.5 Å². The third-order valence-corrected chi connectivity index (χ3v) is 3.98. The number of aromatic nitrogens is 4. The van der Waals surface area contributed by atoms with Crippen LogP contribution in [0.25, 0.3) is 21.6 Å². The Morgan fingerprint density at radius 3 is 2.89 bits per heavy atom. The molecule has 7 heteroatoms. The molecule has 0 aliphatic carbocycles. The normalized spacial score (nSPS) is 11.1. The summed E-state index contributed by atoms with van der Waals surface area (Å²) in [5, 5.41) is 5.26. The third kappa shape index (κ3) is 1.88. The molecule has 19 heavy (non-hydrogen) atoms. The topological polar surface area (TPSA) is 86.7 Å². The number of nitrogens with two attached hydrogens (primary N) is 1. The zero-order chi connectivity index (χ0) is 13.6. The van der Waals surface area contributed by atoms with Crippen LogP contribution in [-0.4, -0.2) is 25.5 Å². The Bertz CT molecular complexity index is 789. The van der Waals surface area contributed by atoms with E-state index in [1.807, 2.05) is 6.07 Å². The van der Waals surface area contributed by atoms with E-state index in [1.54, 1.807) is 30.9 Å². The Kier molecular flexibility index (Phi) is 2.56. The highest BCUT2D eigenvalue weighted by atomic mass is 32.1. The van der Waals surface area contributed by atoms with Gasteiger partial charge in [-0.2, -0.15) is 10.1 Å². The van der Waals surface area contributed by atoms with Crippen LogP contribution in [-0.2, 0) is 7.05 Å². The summed E-state index contributed by atoms with van der Waals surface area (Å²) >= 11 is 1.41. The molecule has 0 saturated carbocycles. The van der Waals surface area contributed by atoms with Gasteiger partial charge in [0.15, 0.2) is 11.4 Å². The molecular formula is C12H11N5OS. The van der Waals surface area contributed by atoms with Gasteiger partial charge in [0.2, 0.25) is 5.95 Å². The molecule has 6 nitrogen and oxygen atoms in total. The van der Waals surface area contributed by atoms with Gasteiger partial charge in [0, 0.05) is 13.2 Å². The molecule has 3 rings (SSSR count). The van der Waals surface area contributed by atoms with Crippen molar-refractivity contribution in [3.63, 3.8) is 0 Å². The fourth-order valence-electron chi connectivity index (χ4n) is 1.89. The van der Waals surface area contributed by atoms with Crippen molar-refractivity contribution in [2.24, 2.45) is 7.05 Å². The van der Waals surface area contributed by atoms with Crippen molar-refractivity contribution in [1.29, 1.82) is 0 Å². The minimum absolute atomic E-state index is 0.0528. The highest BCUT2D eigenvalue weighted by molar-refractivity contribution is 7.17. The van der Waals surface area contributed by atoms with Crippen molar-refractivity contribution in [3.8, 4) is 10.6 Å². The summed E-state index contributed by atoms with van der Waals surface area (Å²) < 4.78 is 1.66. The maximum absolute atomic E-state index is 11.3. The highest BCUT2D eigenvalue weighted by Gasteiger charge is 2.15. The molecule has 0 aliphatic rings. The lowest BCUT2D eigenvalue weighted by Crippen LogP contribution is -1.97. The van der Waals surface area contributed by atoms with Crippen LogP contribution >= 0.6 is 11.3 Å². The lowest BCUT2D eigenvalue weighted by atomic mass is 10.2. The Balaban J connectivity index is 2.22. The van der Waals surface area contributed by atoms with E-state index in [1.165, 1.54) is 11.3 Å². The molecule has 96 valence electrons. The molecule has 0 bridgehead atoms. The number of carbonyl (C=O) groups excluding carboxylic acids is 1. The van der Waals surface area contributed by atoms with Crippen molar-refractivity contribution < 1.29 is 4.79 Å². The first-order valence-electron chi connectivity index (χ1n) is 5.62. The van der Waals surface area contributed by atoms with Gasteiger partial charge in [-0.05, 0) is 19.1 Å². The number of ketones is 1. The number of fused-ring (bicyclic) bond motifs is 1. The number of hydrogen-bond acceptors (Lipinski definition) is 6. The summed E-state index contributed by atoms with van der Waals surface area (Å²) in [5.41, 5.74) is 7.03. The van der Waals surface area contributed by atoms with Crippen LogP contribution in [0.4, 0.5) is 5.95 Å². The molecule has 0 spiro atoms. The summed E-state index contributed by atoms with van der Waals surface area (Å²) in [7, 11) is 1.80.